The summed E-state index contributed by atoms with van der Waals surface area (Å²) < 4.78 is 5.36. The van der Waals surface area contributed by atoms with Crippen LogP contribution in [0.25, 0.3) is 0 Å². The van der Waals surface area contributed by atoms with Crippen molar-refractivity contribution < 1.29 is 9.53 Å². The summed E-state index contributed by atoms with van der Waals surface area (Å²) in [4.78, 5) is 11.5. The normalized spacial score (nSPS) is 12.8. The van der Waals surface area contributed by atoms with Crippen LogP contribution in [0.3, 0.4) is 0 Å². The standard InChI is InChI=1S/C16H30O2/c1-4-7-8-9-10-11-12-14-16(17)18-15(6-3)13-5-2/h12,14-15H,4-11,13H2,1-3H3/b14-12+. The smallest absolute Gasteiger partial charge is 0.330 e. The van der Waals surface area contributed by atoms with Crippen molar-refractivity contribution in [2.45, 2.75) is 84.7 Å². The molecular formula is C16H30O2. The van der Waals surface area contributed by atoms with Gasteiger partial charge in [0.2, 0.25) is 0 Å². The van der Waals surface area contributed by atoms with Crippen molar-refractivity contribution in [1.29, 1.82) is 0 Å². The second kappa shape index (κ2) is 12.7. The van der Waals surface area contributed by atoms with E-state index >= 15 is 0 Å². The van der Waals surface area contributed by atoms with Gasteiger partial charge in [-0.1, -0.05) is 59.0 Å². The number of esters is 1. The zero-order valence-electron chi connectivity index (χ0n) is 12.4. The largest absolute Gasteiger partial charge is 0.459 e. The predicted molar refractivity (Wildman–Crippen MR) is 77.6 cm³/mol. The van der Waals surface area contributed by atoms with Crippen molar-refractivity contribution in [2.75, 3.05) is 0 Å². The third-order valence-electron chi connectivity index (χ3n) is 3.08. The van der Waals surface area contributed by atoms with E-state index in [1.807, 2.05) is 6.08 Å². The maximum absolute atomic E-state index is 11.5. The molecule has 0 heterocycles. The summed E-state index contributed by atoms with van der Waals surface area (Å²) in [5, 5.41) is 0. The van der Waals surface area contributed by atoms with Crippen LogP contribution in [0.4, 0.5) is 0 Å². The van der Waals surface area contributed by atoms with Gasteiger partial charge in [0.25, 0.3) is 0 Å². The molecule has 18 heavy (non-hydrogen) atoms. The van der Waals surface area contributed by atoms with Gasteiger partial charge in [0.15, 0.2) is 0 Å². The van der Waals surface area contributed by atoms with Gasteiger partial charge in [-0.25, -0.2) is 4.79 Å². The number of carbonyl (C=O) groups excluding carboxylic acids is 1. The van der Waals surface area contributed by atoms with E-state index in [0.717, 1.165) is 25.7 Å². The summed E-state index contributed by atoms with van der Waals surface area (Å²) in [5.41, 5.74) is 0. The molecule has 0 fully saturated rings. The van der Waals surface area contributed by atoms with E-state index < -0.39 is 0 Å². The van der Waals surface area contributed by atoms with Crippen LogP contribution in [0.5, 0.6) is 0 Å². The van der Waals surface area contributed by atoms with Crippen LogP contribution in [0.1, 0.15) is 78.6 Å². The Morgan fingerprint density at radius 3 is 2.39 bits per heavy atom. The van der Waals surface area contributed by atoms with Gasteiger partial charge in [-0.3, -0.25) is 0 Å². The Morgan fingerprint density at radius 1 is 1.06 bits per heavy atom. The molecule has 0 aromatic carbocycles. The predicted octanol–water partition coefficient (Wildman–Crippen LogP) is 5.03. The molecule has 1 unspecified atom stereocenters. The molecule has 1 atom stereocenters. The lowest BCUT2D eigenvalue weighted by Gasteiger charge is -2.13. The fourth-order valence-corrected chi connectivity index (χ4v) is 1.92. The fraction of sp³-hybridized carbons (Fsp3) is 0.812. The lowest BCUT2D eigenvalue weighted by molar-refractivity contribution is -0.143. The number of allylic oxidation sites excluding steroid dienone is 1. The molecule has 0 aromatic rings. The van der Waals surface area contributed by atoms with Crippen LogP contribution in [-0.4, -0.2) is 12.1 Å². The molecular weight excluding hydrogens is 224 g/mol. The Kier molecular flexibility index (Phi) is 12.1. The molecule has 0 N–H and O–H groups in total. The summed E-state index contributed by atoms with van der Waals surface area (Å²) in [6, 6.07) is 0. The van der Waals surface area contributed by atoms with Crippen molar-refractivity contribution in [3.05, 3.63) is 12.2 Å². The second-order valence-corrected chi connectivity index (χ2v) is 4.86. The Labute approximate surface area is 113 Å². The maximum Gasteiger partial charge on any atom is 0.330 e. The average molecular weight is 254 g/mol. The Balaban J connectivity index is 3.60. The van der Waals surface area contributed by atoms with E-state index in [0.29, 0.717) is 0 Å². The molecule has 0 bridgehead atoms. The SMILES string of the molecule is CCCCCCC/C=C/C(=O)OC(CC)CCC. The van der Waals surface area contributed by atoms with Gasteiger partial charge >= 0.3 is 5.97 Å². The molecule has 2 heteroatoms. The highest BCUT2D eigenvalue weighted by atomic mass is 16.5. The number of hydrogen-bond acceptors (Lipinski definition) is 2. The molecule has 2 nitrogen and oxygen atoms in total. The zero-order valence-corrected chi connectivity index (χ0v) is 12.4. The molecule has 0 saturated heterocycles. The second-order valence-electron chi connectivity index (χ2n) is 4.86. The van der Waals surface area contributed by atoms with Crippen LogP contribution >= 0.6 is 0 Å². The first-order valence-corrected chi connectivity index (χ1v) is 7.61. The van der Waals surface area contributed by atoms with Crippen LogP contribution < -0.4 is 0 Å². The van der Waals surface area contributed by atoms with E-state index in [1.165, 1.54) is 32.1 Å². The molecule has 0 amide bonds. The number of hydrogen-bond donors (Lipinski definition) is 0. The van der Waals surface area contributed by atoms with Crippen molar-refractivity contribution in [3.8, 4) is 0 Å². The highest BCUT2D eigenvalue weighted by molar-refractivity contribution is 5.82. The van der Waals surface area contributed by atoms with E-state index in [2.05, 4.69) is 20.8 Å². The van der Waals surface area contributed by atoms with E-state index in [-0.39, 0.29) is 12.1 Å². The van der Waals surface area contributed by atoms with Gasteiger partial charge in [-0.15, -0.1) is 0 Å². The van der Waals surface area contributed by atoms with Gasteiger partial charge in [-0.05, 0) is 25.7 Å². The minimum atomic E-state index is -0.177. The Bertz CT molecular complexity index is 221. The third-order valence-corrected chi connectivity index (χ3v) is 3.08. The van der Waals surface area contributed by atoms with Gasteiger partial charge in [0, 0.05) is 6.08 Å². The number of unbranched alkanes of at least 4 members (excludes halogenated alkanes) is 5. The van der Waals surface area contributed by atoms with Crippen LogP contribution in [-0.2, 0) is 9.53 Å². The molecule has 0 radical (unpaired) electrons. The van der Waals surface area contributed by atoms with Crippen molar-refractivity contribution in [3.63, 3.8) is 0 Å². The lowest BCUT2D eigenvalue weighted by atomic mass is 10.1. The Hall–Kier alpha value is -0.790. The van der Waals surface area contributed by atoms with Gasteiger partial charge in [-0.2, -0.15) is 0 Å². The van der Waals surface area contributed by atoms with E-state index in [1.54, 1.807) is 6.08 Å². The first kappa shape index (κ1) is 17.2. The number of rotatable bonds is 11. The molecule has 0 rings (SSSR count). The first-order chi connectivity index (χ1) is 8.74. The summed E-state index contributed by atoms with van der Waals surface area (Å²) in [6.45, 7) is 6.39. The van der Waals surface area contributed by atoms with Gasteiger partial charge in [0.1, 0.15) is 6.10 Å². The van der Waals surface area contributed by atoms with Crippen molar-refractivity contribution in [2.24, 2.45) is 0 Å². The van der Waals surface area contributed by atoms with Crippen molar-refractivity contribution >= 4 is 5.97 Å². The van der Waals surface area contributed by atoms with Gasteiger partial charge < -0.3 is 4.74 Å². The summed E-state index contributed by atoms with van der Waals surface area (Å²) >= 11 is 0. The van der Waals surface area contributed by atoms with E-state index in [4.69, 9.17) is 4.74 Å². The third kappa shape index (κ3) is 10.4. The highest BCUT2D eigenvalue weighted by Crippen LogP contribution is 2.08. The first-order valence-electron chi connectivity index (χ1n) is 7.61. The summed E-state index contributed by atoms with van der Waals surface area (Å²) in [5.74, 6) is -0.177. The quantitative estimate of drug-likeness (QED) is 0.294. The summed E-state index contributed by atoms with van der Waals surface area (Å²) in [7, 11) is 0. The number of carbonyl (C=O) groups is 1. The average Bonchev–Trinajstić information content (AvgIpc) is 2.37. The fourth-order valence-electron chi connectivity index (χ4n) is 1.92. The van der Waals surface area contributed by atoms with Crippen LogP contribution in [0.2, 0.25) is 0 Å². The van der Waals surface area contributed by atoms with Crippen molar-refractivity contribution in [1.82, 2.24) is 0 Å². The topological polar surface area (TPSA) is 26.3 Å². The molecule has 106 valence electrons. The minimum absolute atomic E-state index is 0.0942. The minimum Gasteiger partial charge on any atom is -0.459 e. The van der Waals surface area contributed by atoms with Crippen LogP contribution in [0, 0.1) is 0 Å². The molecule has 0 spiro atoms. The lowest BCUT2D eigenvalue weighted by Crippen LogP contribution is -2.15. The maximum atomic E-state index is 11.5. The monoisotopic (exact) mass is 254 g/mol. The van der Waals surface area contributed by atoms with Crippen LogP contribution in [0.15, 0.2) is 12.2 Å². The zero-order chi connectivity index (χ0) is 13.6. The highest BCUT2D eigenvalue weighted by Gasteiger charge is 2.08. The molecule has 0 saturated carbocycles. The molecule has 0 aliphatic rings. The van der Waals surface area contributed by atoms with Gasteiger partial charge in [0.05, 0.1) is 0 Å². The molecule has 0 aromatic heterocycles. The van der Waals surface area contributed by atoms with E-state index in [9.17, 15) is 4.79 Å². The number of ether oxygens (including phenoxy) is 1. The molecule has 0 aliphatic heterocycles. The Morgan fingerprint density at radius 2 is 1.78 bits per heavy atom. The molecule has 0 aliphatic carbocycles. The summed E-state index contributed by atoms with van der Waals surface area (Å²) in [6.07, 6.45) is 13.9.